The van der Waals surface area contributed by atoms with Crippen LogP contribution in [0.25, 0.3) is 11.2 Å². The summed E-state index contributed by atoms with van der Waals surface area (Å²) in [5.74, 6) is 0.200. The Morgan fingerprint density at radius 3 is 2.48 bits per heavy atom. The van der Waals surface area contributed by atoms with Crippen LogP contribution in [0, 0.1) is 0 Å². The van der Waals surface area contributed by atoms with E-state index < -0.39 is 39.4 Å². The quantitative estimate of drug-likeness (QED) is 0.285. The van der Waals surface area contributed by atoms with Gasteiger partial charge in [-0.15, -0.1) is 9.42 Å². The van der Waals surface area contributed by atoms with Crippen LogP contribution in [0.4, 0.5) is 5.82 Å². The highest BCUT2D eigenvalue weighted by Gasteiger charge is 2.51. The lowest BCUT2D eigenvalue weighted by atomic mass is 10.1. The number of ether oxygens (including phenoxy) is 4. The highest BCUT2D eigenvalue weighted by Crippen LogP contribution is 2.38. The Morgan fingerprint density at radius 2 is 1.85 bits per heavy atom. The van der Waals surface area contributed by atoms with Crippen molar-refractivity contribution in [1.82, 2.24) is 24.4 Å². The van der Waals surface area contributed by atoms with Gasteiger partial charge in [0.15, 0.2) is 23.8 Å². The minimum absolute atomic E-state index is 0.200. The van der Waals surface area contributed by atoms with E-state index in [0.29, 0.717) is 44.0 Å². The SMILES string of the molecule is COCCN(CCOC)CCOC1[C@@H](O[P+](=O)O)[C@@H](CO)O[C@H]1n1cnc2c(N)ncnc21. The summed E-state index contributed by atoms with van der Waals surface area (Å²) in [5.41, 5.74) is 6.66. The molecule has 0 saturated carbocycles. The second-order valence-corrected chi connectivity index (χ2v) is 7.99. The van der Waals surface area contributed by atoms with E-state index in [1.54, 1.807) is 18.8 Å². The first-order valence-electron chi connectivity index (χ1n) is 10.3. The van der Waals surface area contributed by atoms with Gasteiger partial charge in [0, 0.05) is 38.4 Å². The second kappa shape index (κ2) is 12.6. The van der Waals surface area contributed by atoms with Crippen LogP contribution in [-0.4, -0.2) is 113 Å². The number of nitrogens with zero attached hydrogens (tertiary/aromatic N) is 5. The molecule has 2 aromatic rings. The third-order valence-electron chi connectivity index (χ3n) is 5.28. The smallest absolute Gasteiger partial charge is 0.394 e. The van der Waals surface area contributed by atoms with Crippen LogP contribution in [0.1, 0.15) is 6.23 Å². The Kier molecular flexibility index (Phi) is 9.79. The number of aliphatic hydroxyl groups excluding tert-OH is 1. The number of nitrogens with two attached hydrogens (primary N) is 1. The van der Waals surface area contributed by atoms with Gasteiger partial charge in [0.25, 0.3) is 0 Å². The number of aromatic nitrogens is 4. The molecule has 0 amide bonds. The fraction of sp³-hybridized carbons (Fsp3) is 0.722. The van der Waals surface area contributed by atoms with E-state index in [1.807, 2.05) is 0 Å². The Bertz CT molecular complexity index is 896. The van der Waals surface area contributed by atoms with Crippen molar-refractivity contribution in [3.8, 4) is 0 Å². The number of anilines is 1. The molecule has 1 aliphatic heterocycles. The van der Waals surface area contributed by atoms with E-state index in [4.69, 9.17) is 29.2 Å². The minimum atomic E-state index is -2.97. The molecule has 1 fully saturated rings. The van der Waals surface area contributed by atoms with Gasteiger partial charge in [-0.2, -0.15) is 0 Å². The third kappa shape index (κ3) is 6.38. The molecule has 1 saturated heterocycles. The zero-order valence-corrected chi connectivity index (χ0v) is 19.4. The molecule has 3 rings (SSSR count). The molecule has 33 heavy (non-hydrogen) atoms. The summed E-state index contributed by atoms with van der Waals surface area (Å²) in [6.45, 7) is 2.80. The summed E-state index contributed by atoms with van der Waals surface area (Å²) in [7, 11) is 0.293. The molecule has 14 nitrogen and oxygen atoms in total. The molecule has 0 radical (unpaired) electrons. The Hall–Kier alpha value is -1.87. The van der Waals surface area contributed by atoms with Crippen LogP contribution < -0.4 is 5.73 Å². The second-order valence-electron chi connectivity index (χ2n) is 7.30. The van der Waals surface area contributed by atoms with Crippen molar-refractivity contribution in [1.29, 1.82) is 0 Å². The highest BCUT2D eigenvalue weighted by molar-refractivity contribution is 7.32. The first kappa shape index (κ1) is 25.7. The molecule has 2 aromatic heterocycles. The summed E-state index contributed by atoms with van der Waals surface area (Å²) >= 11 is 0. The van der Waals surface area contributed by atoms with E-state index in [9.17, 15) is 14.6 Å². The van der Waals surface area contributed by atoms with Crippen molar-refractivity contribution < 1.29 is 38.0 Å². The van der Waals surface area contributed by atoms with Crippen molar-refractivity contribution in [3.63, 3.8) is 0 Å². The predicted octanol–water partition coefficient (Wildman–Crippen LogP) is -0.687. The standard InChI is InChI=1S/C18H29N6O8P/c1-28-6-3-23(4-7-29-2)5-8-30-15-14(32-33(26)27)12(9-25)31-18(15)24-11-22-13-16(19)20-10-21-17(13)24/h10-12,14-15,18,25H,3-9H2,1-2H3,(H2-,19,20,21,26,27)/p+1/t12-,14+,15?,18-/m1/s1. The number of nitrogen functional groups attached to an aromatic ring is 1. The zero-order valence-electron chi connectivity index (χ0n) is 18.5. The van der Waals surface area contributed by atoms with E-state index in [1.165, 1.54) is 12.7 Å². The summed E-state index contributed by atoms with van der Waals surface area (Å²) in [6.07, 6.45) is -0.818. The van der Waals surface area contributed by atoms with Gasteiger partial charge in [-0.1, -0.05) is 0 Å². The first-order valence-corrected chi connectivity index (χ1v) is 11.5. The zero-order chi connectivity index (χ0) is 23.8. The van der Waals surface area contributed by atoms with Crippen LogP contribution in [-0.2, 0) is 28.0 Å². The normalized spacial score (nSPS) is 23.6. The fourth-order valence-corrected chi connectivity index (χ4v) is 4.10. The average molecular weight is 489 g/mol. The van der Waals surface area contributed by atoms with E-state index in [2.05, 4.69) is 19.9 Å². The van der Waals surface area contributed by atoms with Crippen molar-refractivity contribution in [3.05, 3.63) is 12.7 Å². The van der Waals surface area contributed by atoms with E-state index >= 15 is 0 Å². The van der Waals surface area contributed by atoms with Crippen molar-refractivity contribution in [2.45, 2.75) is 24.5 Å². The number of hydrogen-bond acceptors (Lipinski definition) is 12. The lowest BCUT2D eigenvalue weighted by Gasteiger charge is -2.25. The van der Waals surface area contributed by atoms with Gasteiger partial charge in [0.05, 0.1) is 32.8 Å². The van der Waals surface area contributed by atoms with E-state index in [-0.39, 0.29) is 12.4 Å². The molecule has 2 unspecified atom stereocenters. The monoisotopic (exact) mass is 489 g/mol. The molecule has 0 aromatic carbocycles. The van der Waals surface area contributed by atoms with Gasteiger partial charge >= 0.3 is 8.25 Å². The van der Waals surface area contributed by atoms with Gasteiger partial charge in [0.1, 0.15) is 24.1 Å². The van der Waals surface area contributed by atoms with Crippen LogP contribution in [0.3, 0.4) is 0 Å². The number of aliphatic hydroxyl groups is 1. The minimum Gasteiger partial charge on any atom is -0.394 e. The van der Waals surface area contributed by atoms with Crippen LogP contribution >= 0.6 is 8.25 Å². The third-order valence-corrected chi connectivity index (χ3v) is 5.70. The Labute approximate surface area is 191 Å². The Balaban J connectivity index is 1.80. The molecule has 0 bridgehead atoms. The molecule has 3 heterocycles. The van der Waals surface area contributed by atoms with E-state index in [0.717, 1.165) is 0 Å². The first-order chi connectivity index (χ1) is 16.0. The summed E-state index contributed by atoms with van der Waals surface area (Å²) in [5, 5.41) is 9.80. The lowest BCUT2D eigenvalue weighted by Crippen LogP contribution is -2.39. The number of rotatable bonds is 14. The van der Waals surface area contributed by atoms with Gasteiger partial charge in [0.2, 0.25) is 0 Å². The highest BCUT2D eigenvalue weighted by atomic mass is 31.1. The molecule has 0 spiro atoms. The van der Waals surface area contributed by atoms with Crippen molar-refractivity contribution >= 4 is 25.2 Å². The maximum atomic E-state index is 11.5. The number of methoxy groups -OCH3 is 2. The molecule has 184 valence electrons. The van der Waals surface area contributed by atoms with Crippen molar-refractivity contribution in [2.75, 3.05) is 66.0 Å². The average Bonchev–Trinajstić information content (AvgIpc) is 3.37. The van der Waals surface area contributed by atoms with Crippen LogP contribution in [0.5, 0.6) is 0 Å². The van der Waals surface area contributed by atoms with Crippen LogP contribution in [0.2, 0.25) is 0 Å². The molecular weight excluding hydrogens is 459 g/mol. The number of imidazole rings is 1. The van der Waals surface area contributed by atoms with Gasteiger partial charge in [-0.05, 0) is 0 Å². The molecular formula is C18H30N6O8P+. The lowest BCUT2D eigenvalue weighted by molar-refractivity contribution is -0.0735. The number of hydrogen-bond donors (Lipinski definition) is 3. The van der Waals surface area contributed by atoms with Gasteiger partial charge < -0.3 is 29.8 Å². The summed E-state index contributed by atoms with van der Waals surface area (Å²) in [6, 6.07) is 0. The molecule has 0 aliphatic carbocycles. The maximum absolute atomic E-state index is 11.5. The molecule has 1 aliphatic rings. The maximum Gasteiger partial charge on any atom is 0.695 e. The topological polar surface area (TPSA) is 177 Å². The van der Waals surface area contributed by atoms with Crippen LogP contribution in [0.15, 0.2) is 12.7 Å². The molecule has 4 N–H and O–H groups in total. The van der Waals surface area contributed by atoms with Gasteiger partial charge in [-0.25, -0.2) is 15.0 Å². The van der Waals surface area contributed by atoms with Gasteiger partial charge in [-0.3, -0.25) is 9.47 Å². The largest absolute Gasteiger partial charge is 0.695 e. The fourth-order valence-electron chi connectivity index (χ4n) is 3.64. The predicted molar refractivity (Wildman–Crippen MR) is 115 cm³/mol. The number of fused-ring (bicyclic) bond motifs is 1. The summed E-state index contributed by atoms with van der Waals surface area (Å²) in [4.78, 5) is 23.9. The molecule has 15 heteroatoms. The summed E-state index contributed by atoms with van der Waals surface area (Å²) < 4.78 is 40.6. The molecule has 5 atom stereocenters. The van der Waals surface area contributed by atoms with Crippen molar-refractivity contribution in [2.24, 2.45) is 0 Å². The Morgan fingerprint density at radius 1 is 1.15 bits per heavy atom.